The second kappa shape index (κ2) is 7.62. The van der Waals surface area contributed by atoms with Gasteiger partial charge in [-0.1, -0.05) is 17.7 Å². The molecule has 1 aromatic carbocycles. The topological polar surface area (TPSA) is 62.6 Å². The predicted octanol–water partition coefficient (Wildman–Crippen LogP) is 3.00. The molecule has 8 nitrogen and oxygen atoms in total. The Morgan fingerprint density at radius 2 is 1.83 bits per heavy atom. The summed E-state index contributed by atoms with van der Waals surface area (Å²) in [7, 11) is 0. The summed E-state index contributed by atoms with van der Waals surface area (Å²) in [5.41, 5.74) is 2.08. The number of anilines is 2. The molecule has 0 N–H and O–H groups in total. The van der Waals surface area contributed by atoms with E-state index in [4.69, 9.17) is 16.3 Å². The number of hydrogen-bond donors (Lipinski definition) is 0. The fraction of sp³-hybridized carbons (Fsp3) is 0.480. The maximum absolute atomic E-state index is 14.9. The third-order valence-electron chi connectivity index (χ3n) is 7.57. The molecule has 7 rings (SSSR count). The maximum Gasteiger partial charge on any atom is 0.231 e. The maximum atomic E-state index is 14.9. The molecular weight excluding hydrogens is 469 g/mol. The second-order valence-electron chi connectivity index (χ2n) is 10.7. The molecule has 182 valence electrons. The van der Waals surface area contributed by atoms with E-state index in [1.54, 1.807) is 0 Å². The van der Waals surface area contributed by atoms with Crippen molar-refractivity contribution in [1.82, 2.24) is 24.6 Å². The molecule has 0 saturated carbocycles. The van der Waals surface area contributed by atoms with Crippen LogP contribution in [0.2, 0.25) is 5.02 Å². The van der Waals surface area contributed by atoms with E-state index < -0.39 is 5.67 Å². The SMILES string of the molecule is Cc1cccc(N2CC3(C2)CN(c2nnc4n2-c2ccc(Cl)cc2CN(CC2(F)COC2)C4)C3)n1. The molecule has 4 aliphatic heterocycles. The summed E-state index contributed by atoms with van der Waals surface area (Å²) in [6, 6.07) is 12.1. The molecule has 3 saturated heterocycles. The van der Waals surface area contributed by atoms with Crippen molar-refractivity contribution in [3.05, 3.63) is 58.5 Å². The van der Waals surface area contributed by atoms with Gasteiger partial charge in [0.1, 0.15) is 5.82 Å². The number of fused-ring (bicyclic) bond motifs is 3. The minimum absolute atomic E-state index is 0.148. The molecule has 1 spiro atoms. The number of aromatic nitrogens is 4. The minimum Gasteiger partial charge on any atom is -0.375 e. The van der Waals surface area contributed by atoms with E-state index in [1.807, 2.05) is 31.2 Å². The van der Waals surface area contributed by atoms with Gasteiger partial charge in [-0.25, -0.2) is 9.37 Å². The Kier molecular flexibility index (Phi) is 4.69. The van der Waals surface area contributed by atoms with Crippen molar-refractivity contribution in [2.45, 2.75) is 25.7 Å². The lowest BCUT2D eigenvalue weighted by Gasteiger charge is -2.60. The molecular formula is C25H27ClFN7O. The summed E-state index contributed by atoms with van der Waals surface area (Å²) in [5, 5.41) is 9.82. The smallest absolute Gasteiger partial charge is 0.231 e. The van der Waals surface area contributed by atoms with Gasteiger partial charge >= 0.3 is 0 Å². The normalized spacial score (nSPS) is 22.0. The van der Waals surface area contributed by atoms with Crippen LogP contribution in [0.25, 0.3) is 5.69 Å². The fourth-order valence-corrected chi connectivity index (χ4v) is 6.11. The van der Waals surface area contributed by atoms with E-state index in [-0.39, 0.29) is 18.6 Å². The number of halogens is 2. The summed E-state index contributed by atoms with van der Waals surface area (Å²) in [6.45, 7) is 7.63. The van der Waals surface area contributed by atoms with Gasteiger partial charge in [-0.2, -0.15) is 0 Å². The van der Waals surface area contributed by atoms with Crippen molar-refractivity contribution in [3.8, 4) is 5.69 Å². The zero-order chi connectivity index (χ0) is 23.8. The van der Waals surface area contributed by atoms with Crippen molar-refractivity contribution >= 4 is 23.4 Å². The van der Waals surface area contributed by atoms with E-state index in [9.17, 15) is 4.39 Å². The van der Waals surface area contributed by atoms with Crippen LogP contribution in [0.1, 0.15) is 17.1 Å². The highest BCUT2D eigenvalue weighted by Crippen LogP contribution is 2.44. The van der Waals surface area contributed by atoms with Crippen LogP contribution in [-0.4, -0.2) is 76.3 Å². The highest BCUT2D eigenvalue weighted by Gasteiger charge is 2.53. The molecule has 3 fully saturated rings. The molecule has 0 bridgehead atoms. The number of hydrogen-bond acceptors (Lipinski definition) is 7. The predicted molar refractivity (Wildman–Crippen MR) is 131 cm³/mol. The Morgan fingerprint density at radius 1 is 1.03 bits per heavy atom. The van der Waals surface area contributed by atoms with Gasteiger partial charge in [0, 0.05) is 55.4 Å². The first-order chi connectivity index (χ1) is 16.9. The molecule has 0 radical (unpaired) electrons. The average molecular weight is 496 g/mol. The molecule has 0 unspecified atom stereocenters. The van der Waals surface area contributed by atoms with Crippen LogP contribution in [0.3, 0.4) is 0 Å². The summed E-state index contributed by atoms with van der Waals surface area (Å²) >= 11 is 6.36. The van der Waals surface area contributed by atoms with Crippen molar-refractivity contribution in [2.75, 3.05) is 55.7 Å². The summed E-state index contributed by atoms with van der Waals surface area (Å²) < 4.78 is 22.2. The molecule has 0 atom stereocenters. The van der Waals surface area contributed by atoms with Crippen molar-refractivity contribution < 1.29 is 9.13 Å². The number of pyridine rings is 1. The van der Waals surface area contributed by atoms with Crippen LogP contribution in [-0.2, 0) is 17.8 Å². The largest absolute Gasteiger partial charge is 0.375 e. The molecule has 2 aromatic heterocycles. The first-order valence-corrected chi connectivity index (χ1v) is 12.4. The van der Waals surface area contributed by atoms with Gasteiger partial charge in [0.05, 0.1) is 25.4 Å². The Hall–Kier alpha value is -2.75. The van der Waals surface area contributed by atoms with Crippen LogP contribution in [0.5, 0.6) is 0 Å². The quantitative estimate of drug-likeness (QED) is 0.551. The third-order valence-corrected chi connectivity index (χ3v) is 7.80. The van der Waals surface area contributed by atoms with Crippen molar-refractivity contribution in [1.29, 1.82) is 0 Å². The third kappa shape index (κ3) is 3.59. The standard InChI is InChI=1S/C25H27ClFN7O/c1-17-3-2-4-21(28-17)32-10-24(11-32)12-33(13-24)23-30-29-22-9-31(14-25(27)15-35-16-25)8-18-7-19(26)5-6-20(18)34(22)23/h2-7H,8-16H2,1H3. The first-order valence-electron chi connectivity index (χ1n) is 12.0. The van der Waals surface area contributed by atoms with Crippen LogP contribution in [0.4, 0.5) is 16.2 Å². The van der Waals surface area contributed by atoms with Crippen LogP contribution < -0.4 is 9.80 Å². The van der Waals surface area contributed by atoms with E-state index >= 15 is 0 Å². The van der Waals surface area contributed by atoms with Gasteiger partial charge in [-0.3, -0.25) is 9.47 Å². The highest BCUT2D eigenvalue weighted by molar-refractivity contribution is 6.30. The van der Waals surface area contributed by atoms with Gasteiger partial charge in [0.25, 0.3) is 0 Å². The van der Waals surface area contributed by atoms with E-state index in [0.717, 1.165) is 60.7 Å². The molecule has 35 heavy (non-hydrogen) atoms. The van der Waals surface area contributed by atoms with Gasteiger partial charge in [0.15, 0.2) is 11.5 Å². The lowest BCUT2D eigenvalue weighted by atomic mass is 9.73. The number of alkyl halides is 1. The number of aryl methyl sites for hydroxylation is 1. The zero-order valence-electron chi connectivity index (χ0n) is 19.6. The summed E-state index contributed by atoms with van der Waals surface area (Å²) in [4.78, 5) is 11.4. The Labute approximate surface area is 208 Å². The second-order valence-corrected chi connectivity index (χ2v) is 11.1. The van der Waals surface area contributed by atoms with E-state index in [1.165, 1.54) is 0 Å². The number of nitrogens with zero attached hydrogens (tertiary/aromatic N) is 7. The lowest BCUT2D eigenvalue weighted by molar-refractivity contribution is -0.142. The Bertz CT molecular complexity index is 1290. The summed E-state index contributed by atoms with van der Waals surface area (Å²) in [6.07, 6.45) is 0. The summed E-state index contributed by atoms with van der Waals surface area (Å²) in [5.74, 6) is 2.73. The van der Waals surface area contributed by atoms with E-state index in [2.05, 4.69) is 46.6 Å². The van der Waals surface area contributed by atoms with Gasteiger partial charge < -0.3 is 14.5 Å². The van der Waals surface area contributed by atoms with E-state index in [0.29, 0.717) is 24.7 Å². The zero-order valence-corrected chi connectivity index (χ0v) is 20.4. The molecule has 0 aliphatic carbocycles. The van der Waals surface area contributed by atoms with Gasteiger partial charge in [-0.05, 0) is 42.8 Å². The van der Waals surface area contributed by atoms with Crippen LogP contribution >= 0.6 is 11.6 Å². The fourth-order valence-electron chi connectivity index (χ4n) is 5.92. The lowest BCUT2D eigenvalue weighted by Crippen LogP contribution is -2.73. The monoisotopic (exact) mass is 495 g/mol. The molecule has 4 aliphatic rings. The molecule has 0 amide bonds. The highest BCUT2D eigenvalue weighted by atomic mass is 35.5. The first kappa shape index (κ1) is 21.5. The molecule has 10 heteroatoms. The Morgan fingerprint density at radius 3 is 2.57 bits per heavy atom. The van der Waals surface area contributed by atoms with Gasteiger partial charge in [0.2, 0.25) is 5.95 Å². The van der Waals surface area contributed by atoms with Crippen molar-refractivity contribution in [2.24, 2.45) is 5.41 Å². The van der Waals surface area contributed by atoms with Crippen LogP contribution in [0, 0.1) is 12.3 Å². The van der Waals surface area contributed by atoms with Gasteiger partial charge in [-0.15, -0.1) is 10.2 Å². The molecule has 6 heterocycles. The molecule has 3 aromatic rings. The number of ether oxygens (including phenoxy) is 1. The number of rotatable bonds is 4. The van der Waals surface area contributed by atoms with Crippen molar-refractivity contribution in [3.63, 3.8) is 0 Å². The number of benzene rings is 1. The minimum atomic E-state index is -1.30. The average Bonchev–Trinajstić information content (AvgIpc) is 3.07. The Balaban J connectivity index is 1.13. The van der Waals surface area contributed by atoms with Crippen LogP contribution in [0.15, 0.2) is 36.4 Å².